The lowest BCUT2D eigenvalue weighted by molar-refractivity contribution is 0.133. The van der Waals surface area contributed by atoms with Gasteiger partial charge >= 0.3 is 6.03 Å². The third-order valence-corrected chi connectivity index (χ3v) is 5.98. The second-order valence-corrected chi connectivity index (χ2v) is 8.02. The first-order chi connectivity index (χ1) is 14.8. The molecule has 7 nitrogen and oxygen atoms in total. The van der Waals surface area contributed by atoms with Crippen LogP contribution in [0.25, 0.3) is 22.2 Å². The number of hydrogen-bond donors (Lipinski definition) is 1. The Hall–Kier alpha value is -3.23. The molecule has 0 aliphatic carbocycles. The van der Waals surface area contributed by atoms with E-state index in [9.17, 15) is 4.79 Å². The van der Waals surface area contributed by atoms with Crippen molar-refractivity contribution >= 4 is 33.8 Å². The first-order valence-corrected chi connectivity index (χ1v) is 10.8. The highest BCUT2D eigenvalue weighted by Crippen LogP contribution is 2.23. The molecule has 0 unspecified atom stereocenters. The van der Waals surface area contributed by atoms with E-state index in [1.54, 1.807) is 11.3 Å². The molecule has 0 radical (unpaired) electrons. The summed E-state index contributed by atoms with van der Waals surface area (Å²) in [6, 6.07) is 15.9. The summed E-state index contributed by atoms with van der Waals surface area (Å²) in [6.07, 6.45) is 0. The minimum atomic E-state index is -0.0662. The van der Waals surface area contributed by atoms with E-state index < -0.39 is 0 Å². The van der Waals surface area contributed by atoms with Crippen molar-refractivity contribution in [2.24, 2.45) is 0 Å². The van der Waals surface area contributed by atoms with E-state index in [2.05, 4.69) is 20.4 Å². The van der Waals surface area contributed by atoms with Gasteiger partial charge in [0.15, 0.2) is 0 Å². The van der Waals surface area contributed by atoms with E-state index >= 15 is 0 Å². The van der Waals surface area contributed by atoms with Gasteiger partial charge in [-0.15, -0.1) is 0 Å². The molecule has 2 aromatic carbocycles. The molecule has 0 saturated carbocycles. The van der Waals surface area contributed by atoms with Gasteiger partial charge in [-0.25, -0.2) is 4.79 Å². The zero-order chi connectivity index (χ0) is 20.3. The fourth-order valence-corrected chi connectivity index (χ4v) is 4.29. The van der Waals surface area contributed by atoms with E-state index in [4.69, 9.17) is 4.52 Å². The summed E-state index contributed by atoms with van der Waals surface area (Å²) in [7, 11) is 0. The number of carbonyl (C=O) groups excluding carboxylic acids is 1. The summed E-state index contributed by atoms with van der Waals surface area (Å²) in [4.78, 5) is 21.3. The summed E-state index contributed by atoms with van der Waals surface area (Å²) in [5, 5.41) is 13.3. The van der Waals surface area contributed by atoms with E-state index in [0.29, 0.717) is 31.3 Å². The summed E-state index contributed by atoms with van der Waals surface area (Å²) in [6.45, 7) is 3.43. The number of nitrogens with one attached hydrogen (secondary N) is 1. The van der Waals surface area contributed by atoms with Gasteiger partial charge in [0.1, 0.15) is 0 Å². The van der Waals surface area contributed by atoms with Crippen LogP contribution in [0.5, 0.6) is 0 Å². The maximum atomic E-state index is 12.8. The number of urea groups is 1. The number of nitrogens with zero attached hydrogens (tertiary/aromatic N) is 4. The molecule has 2 amide bonds. The molecule has 4 aromatic rings. The van der Waals surface area contributed by atoms with Gasteiger partial charge in [0.25, 0.3) is 0 Å². The van der Waals surface area contributed by atoms with Crippen molar-refractivity contribution < 1.29 is 9.32 Å². The normalized spacial score (nSPS) is 14.9. The standard InChI is InChI=1S/C22H21N5O2S/c28-22(23-19-7-3-5-16-4-1-2-6-18(16)19)27-11-9-26(10-12-27)14-20-24-21(25-29-20)17-8-13-30-15-17/h1-8,13,15H,9-12,14H2,(H,23,28). The SMILES string of the molecule is O=C(Nc1cccc2ccccc12)N1CCN(Cc2nc(-c3ccsc3)no2)CC1. The number of rotatable bonds is 4. The zero-order valence-electron chi connectivity index (χ0n) is 16.3. The van der Waals surface area contributed by atoms with Gasteiger partial charge in [-0.05, 0) is 22.9 Å². The number of benzene rings is 2. The molecule has 30 heavy (non-hydrogen) atoms. The Morgan fingerprint density at radius 3 is 2.73 bits per heavy atom. The van der Waals surface area contributed by atoms with Gasteiger partial charge in [-0.3, -0.25) is 4.90 Å². The maximum absolute atomic E-state index is 12.8. The zero-order valence-corrected chi connectivity index (χ0v) is 17.1. The van der Waals surface area contributed by atoms with Gasteiger partial charge < -0.3 is 14.7 Å². The third-order valence-electron chi connectivity index (χ3n) is 5.30. The van der Waals surface area contributed by atoms with Crippen molar-refractivity contribution in [3.63, 3.8) is 0 Å². The Morgan fingerprint density at radius 2 is 1.90 bits per heavy atom. The molecule has 0 atom stereocenters. The van der Waals surface area contributed by atoms with Gasteiger partial charge in [-0.1, -0.05) is 41.6 Å². The average molecular weight is 420 g/mol. The molecule has 1 saturated heterocycles. The number of fused-ring (bicyclic) bond motifs is 1. The molecule has 0 spiro atoms. The molecule has 1 fully saturated rings. The second-order valence-electron chi connectivity index (χ2n) is 7.24. The number of thiophene rings is 1. The molecule has 3 heterocycles. The summed E-state index contributed by atoms with van der Waals surface area (Å²) in [5.41, 5.74) is 1.82. The number of anilines is 1. The van der Waals surface area contributed by atoms with E-state index in [-0.39, 0.29) is 6.03 Å². The number of hydrogen-bond acceptors (Lipinski definition) is 6. The van der Waals surface area contributed by atoms with Crippen LogP contribution < -0.4 is 5.32 Å². The Bertz CT molecular complexity index is 1140. The topological polar surface area (TPSA) is 74.5 Å². The third kappa shape index (κ3) is 3.92. The monoisotopic (exact) mass is 419 g/mol. The molecule has 8 heteroatoms. The Kier molecular flexibility index (Phi) is 5.17. The largest absolute Gasteiger partial charge is 0.338 e. The minimum absolute atomic E-state index is 0.0662. The predicted octanol–water partition coefficient (Wildman–Crippen LogP) is 4.30. The number of aromatic nitrogens is 2. The summed E-state index contributed by atoms with van der Waals surface area (Å²) in [5.74, 6) is 1.23. The van der Waals surface area contributed by atoms with Crippen LogP contribution in [-0.4, -0.2) is 52.2 Å². The van der Waals surface area contributed by atoms with Crippen LogP contribution in [0.3, 0.4) is 0 Å². The summed E-state index contributed by atoms with van der Waals surface area (Å²) >= 11 is 1.61. The Labute approximate surface area is 177 Å². The fraction of sp³-hybridized carbons (Fsp3) is 0.227. The molecule has 152 valence electrons. The van der Waals surface area contributed by atoms with Crippen LogP contribution in [0.4, 0.5) is 10.5 Å². The van der Waals surface area contributed by atoms with Crippen LogP contribution in [0, 0.1) is 0 Å². The molecule has 5 rings (SSSR count). The van der Waals surface area contributed by atoms with Crippen molar-refractivity contribution in [1.29, 1.82) is 0 Å². The Balaban J connectivity index is 1.17. The van der Waals surface area contributed by atoms with Gasteiger partial charge in [-0.2, -0.15) is 16.3 Å². The van der Waals surface area contributed by atoms with Crippen molar-refractivity contribution in [3.05, 3.63) is 65.2 Å². The van der Waals surface area contributed by atoms with E-state index in [1.165, 1.54) is 0 Å². The van der Waals surface area contributed by atoms with Crippen LogP contribution in [0.2, 0.25) is 0 Å². The lowest BCUT2D eigenvalue weighted by Gasteiger charge is -2.34. The highest BCUT2D eigenvalue weighted by atomic mass is 32.1. The number of piperazine rings is 1. The summed E-state index contributed by atoms with van der Waals surface area (Å²) < 4.78 is 5.39. The average Bonchev–Trinajstić information content (AvgIpc) is 3.47. The molecule has 0 bridgehead atoms. The second kappa shape index (κ2) is 8.25. The minimum Gasteiger partial charge on any atom is -0.338 e. The van der Waals surface area contributed by atoms with E-state index in [0.717, 1.165) is 35.1 Å². The molecule has 1 N–H and O–H groups in total. The van der Waals surface area contributed by atoms with Crippen molar-refractivity contribution in [2.75, 3.05) is 31.5 Å². The van der Waals surface area contributed by atoms with Gasteiger partial charge in [0, 0.05) is 42.5 Å². The predicted molar refractivity (Wildman–Crippen MR) is 117 cm³/mol. The van der Waals surface area contributed by atoms with Gasteiger partial charge in [0.05, 0.1) is 12.2 Å². The van der Waals surface area contributed by atoms with Crippen molar-refractivity contribution in [3.8, 4) is 11.4 Å². The number of amides is 2. The van der Waals surface area contributed by atoms with Crippen LogP contribution in [-0.2, 0) is 6.54 Å². The lowest BCUT2D eigenvalue weighted by Crippen LogP contribution is -2.49. The van der Waals surface area contributed by atoms with E-state index in [1.807, 2.05) is 64.2 Å². The van der Waals surface area contributed by atoms with Crippen LogP contribution >= 0.6 is 11.3 Å². The lowest BCUT2D eigenvalue weighted by atomic mass is 10.1. The smallest absolute Gasteiger partial charge is 0.321 e. The molecular weight excluding hydrogens is 398 g/mol. The molecule has 2 aromatic heterocycles. The first-order valence-electron chi connectivity index (χ1n) is 9.87. The highest BCUT2D eigenvalue weighted by Gasteiger charge is 2.23. The molecular formula is C22H21N5O2S. The quantitative estimate of drug-likeness (QED) is 0.534. The van der Waals surface area contributed by atoms with Crippen molar-refractivity contribution in [1.82, 2.24) is 19.9 Å². The van der Waals surface area contributed by atoms with Gasteiger partial charge in [0.2, 0.25) is 11.7 Å². The molecule has 1 aliphatic rings. The first kappa shape index (κ1) is 18.8. The molecule has 1 aliphatic heterocycles. The maximum Gasteiger partial charge on any atom is 0.321 e. The number of carbonyl (C=O) groups is 1. The highest BCUT2D eigenvalue weighted by molar-refractivity contribution is 7.08. The van der Waals surface area contributed by atoms with Crippen LogP contribution in [0.1, 0.15) is 5.89 Å². The van der Waals surface area contributed by atoms with Crippen LogP contribution in [0.15, 0.2) is 63.8 Å². The van der Waals surface area contributed by atoms with Crippen molar-refractivity contribution in [2.45, 2.75) is 6.54 Å². The Morgan fingerprint density at radius 1 is 1.07 bits per heavy atom. The fourth-order valence-electron chi connectivity index (χ4n) is 3.66.